The molecular weight excluding hydrogens is 510 g/mol. The summed E-state index contributed by atoms with van der Waals surface area (Å²) in [5, 5.41) is 0. The summed E-state index contributed by atoms with van der Waals surface area (Å²) in [6, 6.07) is 39.2. The SMILES string of the molecule is CCOC(=O)C1=C(c2ccccc2)N(C)C(c2ccccc2)(c2ccccc2)C(C(=O)OCC)=C1c1ccccc1. The summed E-state index contributed by atoms with van der Waals surface area (Å²) < 4.78 is 11.5. The van der Waals surface area contributed by atoms with Crippen molar-refractivity contribution in [2.45, 2.75) is 19.4 Å². The average Bonchev–Trinajstić information content (AvgIpc) is 3.02. The van der Waals surface area contributed by atoms with Crippen LogP contribution in [0.2, 0.25) is 0 Å². The molecule has 0 amide bonds. The van der Waals surface area contributed by atoms with Gasteiger partial charge in [-0.1, -0.05) is 121 Å². The highest BCUT2D eigenvalue weighted by Gasteiger charge is 2.53. The maximum Gasteiger partial charge on any atom is 0.340 e. The van der Waals surface area contributed by atoms with Gasteiger partial charge < -0.3 is 14.4 Å². The smallest absolute Gasteiger partial charge is 0.340 e. The molecule has 4 aromatic rings. The van der Waals surface area contributed by atoms with Gasteiger partial charge in [0.15, 0.2) is 0 Å². The van der Waals surface area contributed by atoms with Gasteiger partial charge in [0, 0.05) is 12.6 Å². The minimum absolute atomic E-state index is 0.178. The molecule has 5 heteroatoms. The lowest BCUT2D eigenvalue weighted by atomic mass is 9.68. The summed E-state index contributed by atoms with van der Waals surface area (Å²) in [6.07, 6.45) is 0. The zero-order chi connectivity index (χ0) is 28.8. The third-order valence-corrected chi connectivity index (χ3v) is 7.39. The molecule has 0 bridgehead atoms. The normalized spacial score (nSPS) is 14.6. The van der Waals surface area contributed by atoms with Gasteiger partial charge in [0.1, 0.15) is 5.54 Å². The summed E-state index contributed by atoms with van der Waals surface area (Å²) in [5.41, 5.74) is 3.94. The first-order valence-corrected chi connectivity index (χ1v) is 13.8. The lowest BCUT2D eigenvalue weighted by Gasteiger charge is -2.50. The van der Waals surface area contributed by atoms with Crippen LogP contribution in [-0.4, -0.2) is 37.1 Å². The molecule has 5 rings (SSSR count). The Morgan fingerprint density at radius 2 is 1.02 bits per heavy atom. The lowest BCUT2D eigenvalue weighted by Crippen LogP contribution is -2.51. The van der Waals surface area contributed by atoms with Crippen molar-refractivity contribution in [2.75, 3.05) is 20.3 Å². The van der Waals surface area contributed by atoms with Crippen LogP contribution in [0, 0.1) is 0 Å². The number of rotatable bonds is 8. The van der Waals surface area contributed by atoms with Gasteiger partial charge in [-0.15, -0.1) is 0 Å². The molecule has 0 atom stereocenters. The molecule has 0 spiro atoms. The molecule has 0 N–H and O–H groups in total. The van der Waals surface area contributed by atoms with Crippen molar-refractivity contribution >= 4 is 23.2 Å². The summed E-state index contributed by atoms with van der Waals surface area (Å²) in [7, 11) is 1.93. The van der Waals surface area contributed by atoms with Crippen LogP contribution >= 0.6 is 0 Å². The predicted molar refractivity (Wildman–Crippen MR) is 161 cm³/mol. The highest BCUT2D eigenvalue weighted by Crippen LogP contribution is 2.54. The molecule has 41 heavy (non-hydrogen) atoms. The fourth-order valence-electron chi connectivity index (χ4n) is 5.81. The van der Waals surface area contributed by atoms with Crippen LogP contribution in [-0.2, 0) is 24.6 Å². The van der Waals surface area contributed by atoms with Crippen LogP contribution < -0.4 is 0 Å². The van der Waals surface area contributed by atoms with Gasteiger partial charge in [-0.3, -0.25) is 0 Å². The molecule has 0 aliphatic carbocycles. The van der Waals surface area contributed by atoms with E-state index in [0.29, 0.717) is 22.4 Å². The van der Waals surface area contributed by atoms with E-state index in [1.54, 1.807) is 13.8 Å². The van der Waals surface area contributed by atoms with Gasteiger partial charge in [-0.05, 0) is 36.1 Å². The molecule has 5 nitrogen and oxygen atoms in total. The largest absolute Gasteiger partial charge is 0.463 e. The van der Waals surface area contributed by atoms with E-state index in [0.717, 1.165) is 22.3 Å². The van der Waals surface area contributed by atoms with E-state index < -0.39 is 17.5 Å². The number of likely N-dealkylation sites (N-methyl/N-ethyl adjacent to an activating group) is 1. The first-order valence-electron chi connectivity index (χ1n) is 13.8. The Morgan fingerprint density at radius 1 is 0.610 bits per heavy atom. The van der Waals surface area contributed by atoms with E-state index in [2.05, 4.69) is 0 Å². The highest BCUT2D eigenvalue weighted by molar-refractivity contribution is 6.20. The van der Waals surface area contributed by atoms with Crippen molar-refractivity contribution in [1.29, 1.82) is 0 Å². The minimum atomic E-state index is -1.15. The maximum atomic E-state index is 14.4. The van der Waals surface area contributed by atoms with E-state index in [9.17, 15) is 9.59 Å². The second-order valence-electron chi connectivity index (χ2n) is 9.65. The number of benzene rings is 4. The third kappa shape index (κ3) is 4.84. The number of carbonyl (C=O) groups is 2. The molecule has 0 radical (unpaired) electrons. The Labute approximate surface area is 241 Å². The molecule has 0 saturated heterocycles. The van der Waals surface area contributed by atoms with Gasteiger partial charge >= 0.3 is 11.9 Å². The molecular formula is C36H33NO4. The number of ether oxygens (including phenoxy) is 2. The zero-order valence-corrected chi connectivity index (χ0v) is 23.5. The Balaban J connectivity index is 2.06. The second kappa shape index (κ2) is 12.1. The second-order valence-corrected chi connectivity index (χ2v) is 9.65. The van der Waals surface area contributed by atoms with Crippen LogP contribution in [0.5, 0.6) is 0 Å². The topological polar surface area (TPSA) is 55.8 Å². The van der Waals surface area contributed by atoms with Crippen molar-refractivity contribution in [3.63, 3.8) is 0 Å². The van der Waals surface area contributed by atoms with Crippen molar-refractivity contribution < 1.29 is 19.1 Å². The molecule has 1 heterocycles. The fourth-order valence-corrected chi connectivity index (χ4v) is 5.81. The van der Waals surface area contributed by atoms with E-state index in [4.69, 9.17) is 9.47 Å². The number of esters is 2. The van der Waals surface area contributed by atoms with E-state index in [-0.39, 0.29) is 13.2 Å². The zero-order valence-electron chi connectivity index (χ0n) is 23.5. The van der Waals surface area contributed by atoms with Crippen LogP contribution in [0.3, 0.4) is 0 Å². The van der Waals surface area contributed by atoms with E-state index in [1.807, 2.05) is 133 Å². The Bertz CT molecular complexity index is 1540. The number of nitrogens with zero attached hydrogens (tertiary/aromatic N) is 1. The molecule has 0 fully saturated rings. The first kappa shape index (κ1) is 27.7. The fraction of sp³-hybridized carbons (Fsp3) is 0.167. The highest BCUT2D eigenvalue weighted by atomic mass is 16.5. The Morgan fingerprint density at radius 3 is 1.49 bits per heavy atom. The van der Waals surface area contributed by atoms with E-state index in [1.165, 1.54) is 0 Å². The quantitative estimate of drug-likeness (QED) is 0.227. The molecule has 0 aromatic heterocycles. The van der Waals surface area contributed by atoms with Gasteiger partial charge in [-0.25, -0.2) is 9.59 Å². The third-order valence-electron chi connectivity index (χ3n) is 7.39. The average molecular weight is 544 g/mol. The van der Waals surface area contributed by atoms with Crippen molar-refractivity contribution in [3.05, 3.63) is 155 Å². The van der Waals surface area contributed by atoms with Gasteiger partial charge in [-0.2, -0.15) is 0 Å². The van der Waals surface area contributed by atoms with Crippen LogP contribution in [0.15, 0.2) is 132 Å². The van der Waals surface area contributed by atoms with Crippen molar-refractivity contribution in [2.24, 2.45) is 0 Å². The summed E-state index contributed by atoms with van der Waals surface area (Å²) in [4.78, 5) is 30.4. The molecule has 0 saturated carbocycles. The Hall–Kier alpha value is -4.90. The molecule has 1 aliphatic rings. The van der Waals surface area contributed by atoms with Gasteiger partial charge in [0.05, 0.1) is 30.1 Å². The van der Waals surface area contributed by atoms with Gasteiger partial charge in [0.25, 0.3) is 0 Å². The van der Waals surface area contributed by atoms with Crippen LogP contribution in [0.25, 0.3) is 11.3 Å². The molecule has 206 valence electrons. The summed E-state index contributed by atoms with van der Waals surface area (Å²) >= 11 is 0. The molecule has 1 aliphatic heterocycles. The molecule has 0 unspecified atom stereocenters. The molecule has 4 aromatic carbocycles. The standard InChI is InChI=1S/C36H33NO4/c1-4-40-34(38)31-30(26-18-10-6-11-19-26)32(35(39)41-5-2)36(28-22-14-8-15-23-28,29-24-16-9-17-25-29)37(3)33(31)27-20-12-7-13-21-27/h6-25H,4-5H2,1-3H3. The number of carbonyl (C=O) groups excluding carboxylic acids is 2. The summed E-state index contributed by atoms with van der Waals surface area (Å²) in [5.74, 6) is -1.01. The first-order chi connectivity index (χ1) is 20.1. The number of hydrogen-bond donors (Lipinski definition) is 0. The van der Waals surface area contributed by atoms with Crippen molar-refractivity contribution in [3.8, 4) is 0 Å². The lowest BCUT2D eigenvalue weighted by molar-refractivity contribution is -0.139. The predicted octanol–water partition coefficient (Wildman–Crippen LogP) is 6.87. The monoisotopic (exact) mass is 543 g/mol. The van der Waals surface area contributed by atoms with E-state index >= 15 is 0 Å². The van der Waals surface area contributed by atoms with Crippen LogP contribution in [0.4, 0.5) is 0 Å². The number of hydrogen-bond acceptors (Lipinski definition) is 5. The summed E-state index contributed by atoms with van der Waals surface area (Å²) in [6.45, 7) is 3.94. The van der Waals surface area contributed by atoms with Crippen molar-refractivity contribution in [1.82, 2.24) is 4.90 Å². The maximum absolute atomic E-state index is 14.4. The van der Waals surface area contributed by atoms with Crippen LogP contribution in [0.1, 0.15) is 36.1 Å². The van der Waals surface area contributed by atoms with Gasteiger partial charge in [0.2, 0.25) is 0 Å². The minimum Gasteiger partial charge on any atom is -0.463 e. The Kier molecular flexibility index (Phi) is 8.16.